The summed E-state index contributed by atoms with van der Waals surface area (Å²) in [5.41, 5.74) is -0.386. The summed E-state index contributed by atoms with van der Waals surface area (Å²) in [6, 6.07) is 2.37. The number of piperazine rings is 1. The summed E-state index contributed by atoms with van der Waals surface area (Å²) >= 11 is 1.48. The van der Waals surface area contributed by atoms with Gasteiger partial charge in [-0.25, -0.2) is 4.98 Å². The molecule has 1 saturated heterocycles. The number of aromatic nitrogens is 2. The van der Waals surface area contributed by atoms with Gasteiger partial charge in [0.05, 0.1) is 6.07 Å². The van der Waals surface area contributed by atoms with Crippen molar-refractivity contribution in [1.82, 2.24) is 14.3 Å². The van der Waals surface area contributed by atoms with Crippen molar-refractivity contribution in [3.05, 3.63) is 5.82 Å². The van der Waals surface area contributed by atoms with Gasteiger partial charge < -0.3 is 4.90 Å². The fraction of sp³-hybridized carbons (Fsp3) is 0.786. The van der Waals surface area contributed by atoms with Crippen LogP contribution in [-0.4, -0.2) is 46.0 Å². The first-order valence-electron chi connectivity index (χ1n) is 6.99. The second kappa shape index (κ2) is 5.30. The smallest absolute Gasteiger partial charge is 0.205 e. The van der Waals surface area contributed by atoms with Gasteiger partial charge in [0, 0.05) is 43.1 Å². The van der Waals surface area contributed by atoms with Gasteiger partial charge in [-0.3, -0.25) is 4.90 Å². The Morgan fingerprint density at radius 1 is 1.10 bits per heavy atom. The van der Waals surface area contributed by atoms with E-state index >= 15 is 0 Å². The largest absolute Gasteiger partial charge is 0.344 e. The van der Waals surface area contributed by atoms with E-state index in [1.54, 1.807) is 0 Å². The van der Waals surface area contributed by atoms with E-state index in [1.807, 2.05) is 13.8 Å². The number of anilines is 1. The van der Waals surface area contributed by atoms with Gasteiger partial charge in [-0.05, 0) is 13.8 Å². The fourth-order valence-electron chi connectivity index (χ4n) is 2.18. The Kier molecular flexibility index (Phi) is 4.03. The molecule has 0 unspecified atom stereocenters. The van der Waals surface area contributed by atoms with Crippen LogP contribution >= 0.6 is 11.5 Å². The lowest BCUT2D eigenvalue weighted by atomic mass is 9.96. The Hall–Kier alpha value is -1.19. The van der Waals surface area contributed by atoms with E-state index in [0.717, 1.165) is 37.1 Å². The van der Waals surface area contributed by atoms with Crippen molar-refractivity contribution in [2.45, 2.75) is 45.6 Å². The molecule has 2 rings (SSSR count). The van der Waals surface area contributed by atoms with Crippen molar-refractivity contribution < 1.29 is 0 Å². The molecule has 110 valence electrons. The molecule has 20 heavy (non-hydrogen) atoms. The van der Waals surface area contributed by atoms with E-state index in [0.29, 0.717) is 0 Å². The maximum atomic E-state index is 9.20. The van der Waals surface area contributed by atoms with Gasteiger partial charge in [0.25, 0.3) is 0 Å². The molecule has 0 N–H and O–H groups in total. The maximum Gasteiger partial charge on any atom is 0.205 e. The molecule has 1 fully saturated rings. The quantitative estimate of drug-likeness (QED) is 0.837. The average Bonchev–Trinajstić information content (AvgIpc) is 2.88. The van der Waals surface area contributed by atoms with Crippen molar-refractivity contribution in [2.24, 2.45) is 0 Å². The van der Waals surface area contributed by atoms with Crippen molar-refractivity contribution in [1.29, 1.82) is 5.26 Å². The van der Waals surface area contributed by atoms with Gasteiger partial charge in [0.15, 0.2) is 0 Å². The van der Waals surface area contributed by atoms with Crippen LogP contribution in [0, 0.1) is 11.3 Å². The highest BCUT2D eigenvalue weighted by Crippen LogP contribution is 2.26. The van der Waals surface area contributed by atoms with E-state index in [4.69, 9.17) is 0 Å². The van der Waals surface area contributed by atoms with Gasteiger partial charge >= 0.3 is 0 Å². The summed E-state index contributed by atoms with van der Waals surface area (Å²) in [4.78, 5) is 9.17. The Morgan fingerprint density at radius 3 is 2.15 bits per heavy atom. The number of nitrogens with zero attached hydrogens (tertiary/aromatic N) is 5. The van der Waals surface area contributed by atoms with Crippen molar-refractivity contribution in [3.63, 3.8) is 0 Å². The molecular formula is C14H23N5S. The molecule has 0 spiro atoms. The number of hydrogen-bond donors (Lipinski definition) is 0. The second-order valence-corrected chi connectivity index (χ2v) is 7.53. The van der Waals surface area contributed by atoms with Crippen LogP contribution in [0.5, 0.6) is 0 Å². The third kappa shape index (κ3) is 3.10. The van der Waals surface area contributed by atoms with Gasteiger partial charge in [0.2, 0.25) is 5.13 Å². The van der Waals surface area contributed by atoms with E-state index < -0.39 is 0 Å². The van der Waals surface area contributed by atoms with Crippen LogP contribution in [0.15, 0.2) is 0 Å². The third-order valence-corrected chi connectivity index (χ3v) is 4.48. The van der Waals surface area contributed by atoms with Crippen molar-refractivity contribution in [2.75, 3.05) is 31.1 Å². The molecule has 0 aliphatic carbocycles. The topological polar surface area (TPSA) is 56.1 Å². The first-order chi connectivity index (χ1) is 9.24. The Balaban J connectivity index is 2.01. The summed E-state index contributed by atoms with van der Waals surface area (Å²) in [5.74, 6) is 0.914. The molecule has 0 amide bonds. The van der Waals surface area contributed by atoms with Gasteiger partial charge in [0.1, 0.15) is 11.4 Å². The predicted molar refractivity (Wildman–Crippen MR) is 82.1 cm³/mol. The average molecular weight is 293 g/mol. The summed E-state index contributed by atoms with van der Waals surface area (Å²) in [6.45, 7) is 13.9. The highest BCUT2D eigenvalue weighted by Gasteiger charge is 2.31. The van der Waals surface area contributed by atoms with E-state index in [-0.39, 0.29) is 11.0 Å². The van der Waals surface area contributed by atoms with Crippen molar-refractivity contribution >= 4 is 16.7 Å². The highest BCUT2D eigenvalue weighted by molar-refractivity contribution is 7.09. The molecule has 0 saturated carbocycles. The molecule has 1 aliphatic heterocycles. The second-order valence-electron chi connectivity index (χ2n) is 6.80. The molecule has 2 heterocycles. The van der Waals surface area contributed by atoms with Crippen LogP contribution in [0.4, 0.5) is 5.13 Å². The van der Waals surface area contributed by atoms with E-state index in [2.05, 4.69) is 46.0 Å². The number of rotatable bonds is 2. The predicted octanol–water partition coefficient (Wildman–Crippen LogP) is 2.26. The van der Waals surface area contributed by atoms with Crippen molar-refractivity contribution in [3.8, 4) is 6.07 Å². The SMILES string of the molecule is CC(C)(C)c1nsc(N2CCN(C(C)(C)C#N)CC2)n1. The summed E-state index contributed by atoms with van der Waals surface area (Å²) in [6.07, 6.45) is 0. The summed E-state index contributed by atoms with van der Waals surface area (Å²) in [7, 11) is 0. The zero-order valence-electron chi connectivity index (χ0n) is 13.0. The Bertz CT molecular complexity index is 500. The Morgan fingerprint density at radius 2 is 1.70 bits per heavy atom. The van der Waals surface area contributed by atoms with Crippen LogP contribution in [0.1, 0.15) is 40.4 Å². The summed E-state index contributed by atoms with van der Waals surface area (Å²) < 4.78 is 4.47. The molecule has 1 aromatic heterocycles. The van der Waals surface area contributed by atoms with Crippen LogP contribution in [0.3, 0.4) is 0 Å². The lowest BCUT2D eigenvalue weighted by Gasteiger charge is -2.40. The molecule has 0 radical (unpaired) electrons. The molecule has 6 heteroatoms. The fourth-order valence-corrected chi connectivity index (χ4v) is 3.08. The monoisotopic (exact) mass is 293 g/mol. The van der Waals surface area contributed by atoms with Crippen LogP contribution in [-0.2, 0) is 5.41 Å². The highest BCUT2D eigenvalue weighted by atomic mass is 32.1. The molecular weight excluding hydrogens is 270 g/mol. The minimum atomic E-state index is -0.385. The van der Waals surface area contributed by atoms with E-state index in [1.165, 1.54) is 11.5 Å². The van der Waals surface area contributed by atoms with Crippen LogP contribution < -0.4 is 4.90 Å². The lowest BCUT2D eigenvalue weighted by Crippen LogP contribution is -2.54. The van der Waals surface area contributed by atoms with Crippen LogP contribution in [0.25, 0.3) is 0 Å². The normalized spacial score (nSPS) is 18.1. The molecule has 0 bridgehead atoms. The van der Waals surface area contributed by atoms with E-state index in [9.17, 15) is 5.26 Å². The molecule has 0 atom stereocenters. The first-order valence-corrected chi connectivity index (χ1v) is 7.77. The van der Waals surface area contributed by atoms with Gasteiger partial charge in [-0.15, -0.1) is 0 Å². The minimum Gasteiger partial charge on any atom is -0.344 e. The molecule has 1 aliphatic rings. The van der Waals surface area contributed by atoms with Gasteiger partial charge in [-0.1, -0.05) is 20.8 Å². The lowest BCUT2D eigenvalue weighted by molar-refractivity contribution is 0.158. The first kappa shape index (κ1) is 15.2. The third-order valence-electron chi connectivity index (χ3n) is 3.70. The standard InChI is InChI=1S/C14H23N5S/c1-13(2,3)11-16-12(20-17-11)18-6-8-19(9-7-18)14(4,5)10-15/h6-9H2,1-5H3. The Labute approximate surface area is 125 Å². The minimum absolute atomic E-state index is 0.000623. The van der Waals surface area contributed by atoms with Gasteiger partial charge in [-0.2, -0.15) is 9.64 Å². The van der Waals surface area contributed by atoms with Crippen LogP contribution in [0.2, 0.25) is 0 Å². The molecule has 5 nitrogen and oxygen atoms in total. The molecule has 1 aromatic rings. The zero-order chi connectivity index (χ0) is 15.0. The number of nitriles is 1. The maximum absolute atomic E-state index is 9.20. The number of hydrogen-bond acceptors (Lipinski definition) is 6. The zero-order valence-corrected chi connectivity index (χ0v) is 13.8. The molecule has 0 aromatic carbocycles. The summed E-state index contributed by atoms with van der Waals surface area (Å²) in [5, 5.41) is 10.2.